The van der Waals surface area contributed by atoms with Crippen LogP contribution in [0.1, 0.15) is 51.9 Å². The van der Waals surface area contributed by atoms with Gasteiger partial charge in [-0.2, -0.15) is 13.6 Å². The highest BCUT2D eigenvalue weighted by atomic mass is 31.2. The van der Waals surface area contributed by atoms with Gasteiger partial charge in [0.1, 0.15) is 12.1 Å². The molecule has 1 heterocycles. The number of carbonyl (C=O) groups is 2. The molecule has 0 unspecified atom stereocenters. The van der Waals surface area contributed by atoms with Crippen LogP contribution in [0, 0.1) is 0 Å². The van der Waals surface area contributed by atoms with Gasteiger partial charge in [-0.1, -0.05) is 0 Å². The molecule has 0 amide bonds. The standard InChI is InChI=1S/C21H31NO6P/c1-8-26-29(25-7,27-9-2)16-10-11-17-18(15(3)23)13-22(19(17)12-16)14-20(24)28-21(4,5)6/h10-13H,8-9,14H2,1-7H3/q+1. The van der Waals surface area contributed by atoms with Crippen molar-refractivity contribution in [2.75, 3.05) is 20.3 Å². The van der Waals surface area contributed by atoms with Gasteiger partial charge in [-0.3, -0.25) is 9.59 Å². The first-order valence-electron chi connectivity index (χ1n) is 9.67. The summed E-state index contributed by atoms with van der Waals surface area (Å²) in [6.07, 6.45) is 1.69. The van der Waals surface area contributed by atoms with E-state index in [1.807, 2.05) is 52.8 Å². The van der Waals surface area contributed by atoms with Crippen LogP contribution in [-0.4, -0.2) is 42.2 Å². The number of ether oxygens (including phenoxy) is 1. The smallest absolute Gasteiger partial charge is 0.448 e. The number of ketones is 1. The zero-order chi connectivity index (χ0) is 21.8. The van der Waals surface area contributed by atoms with Crippen LogP contribution in [0.25, 0.3) is 10.9 Å². The minimum absolute atomic E-state index is 0.00774. The molecule has 1 aromatic heterocycles. The fraction of sp³-hybridized carbons (Fsp3) is 0.524. The molecule has 0 atom stereocenters. The molecule has 7 nitrogen and oxygen atoms in total. The highest BCUT2D eigenvalue weighted by Crippen LogP contribution is 2.60. The molecule has 0 saturated heterocycles. The number of hydrogen-bond donors (Lipinski definition) is 0. The summed E-state index contributed by atoms with van der Waals surface area (Å²) in [7, 11) is -1.19. The number of rotatable bonds is 9. The van der Waals surface area contributed by atoms with Gasteiger partial charge in [-0.15, -0.1) is 0 Å². The van der Waals surface area contributed by atoms with Gasteiger partial charge in [0.2, 0.25) is 0 Å². The molecule has 1 aromatic carbocycles. The van der Waals surface area contributed by atoms with Gasteiger partial charge < -0.3 is 9.30 Å². The Morgan fingerprint density at radius 1 is 1.10 bits per heavy atom. The molecule has 0 saturated carbocycles. The minimum Gasteiger partial charge on any atom is -0.459 e. The predicted octanol–water partition coefficient (Wildman–Crippen LogP) is 4.29. The first-order chi connectivity index (χ1) is 13.6. The van der Waals surface area contributed by atoms with Crippen molar-refractivity contribution in [2.45, 2.75) is 53.7 Å². The largest absolute Gasteiger partial charge is 0.459 e. The van der Waals surface area contributed by atoms with E-state index in [9.17, 15) is 9.59 Å². The van der Waals surface area contributed by atoms with E-state index in [-0.39, 0.29) is 18.3 Å². The van der Waals surface area contributed by atoms with Crippen LogP contribution in [0.3, 0.4) is 0 Å². The number of nitrogens with zero attached hydrogens (tertiary/aromatic N) is 1. The lowest BCUT2D eigenvalue weighted by Crippen LogP contribution is -2.26. The number of esters is 1. The highest BCUT2D eigenvalue weighted by Gasteiger charge is 2.47. The lowest BCUT2D eigenvalue weighted by atomic mass is 10.1. The maximum absolute atomic E-state index is 12.4. The Morgan fingerprint density at radius 2 is 1.72 bits per heavy atom. The topological polar surface area (TPSA) is 76.0 Å². The number of Topliss-reactive ketones (excluding diaryl/α,β-unsaturated/α-hetero) is 1. The first-order valence-corrected chi connectivity index (χ1v) is 11.2. The SMILES string of the molecule is CCO[P+](OC)(OCC)c1ccc2c(C(C)=O)cn(CC(=O)OC(C)(C)C)c2c1. The summed E-state index contributed by atoms with van der Waals surface area (Å²) < 4.78 is 24.7. The monoisotopic (exact) mass is 424 g/mol. The van der Waals surface area contributed by atoms with E-state index in [2.05, 4.69) is 0 Å². The number of aromatic nitrogens is 1. The molecule has 0 aliphatic heterocycles. The predicted molar refractivity (Wildman–Crippen MR) is 115 cm³/mol. The van der Waals surface area contributed by atoms with Crippen LogP contribution in [0.2, 0.25) is 0 Å². The molecule has 29 heavy (non-hydrogen) atoms. The zero-order valence-electron chi connectivity index (χ0n) is 18.3. The number of carbonyl (C=O) groups excluding carboxylic acids is 2. The molecule has 0 radical (unpaired) electrons. The van der Waals surface area contributed by atoms with Crippen LogP contribution >= 0.6 is 7.94 Å². The number of hydrogen-bond acceptors (Lipinski definition) is 6. The average Bonchev–Trinajstić information content (AvgIpc) is 2.98. The van der Waals surface area contributed by atoms with Gasteiger partial charge in [-0.25, -0.2) is 0 Å². The fourth-order valence-electron chi connectivity index (χ4n) is 3.11. The maximum Gasteiger partial charge on any atom is 0.448 e. The van der Waals surface area contributed by atoms with Crippen molar-refractivity contribution in [1.82, 2.24) is 4.57 Å². The average molecular weight is 424 g/mol. The normalized spacial score (nSPS) is 12.4. The third kappa shape index (κ3) is 5.43. The van der Waals surface area contributed by atoms with Crippen LogP contribution in [-0.2, 0) is 29.6 Å². The summed E-state index contributed by atoms with van der Waals surface area (Å²) in [6, 6.07) is 5.57. The molecule has 0 bridgehead atoms. The number of benzene rings is 1. The molecule has 0 N–H and O–H groups in total. The third-order valence-electron chi connectivity index (χ3n) is 4.12. The van der Waals surface area contributed by atoms with E-state index < -0.39 is 13.5 Å². The summed E-state index contributed by atoms with van der Waals surface area (Å²) in [6.45, 7) is 11.6. The molecule has 2 aromatic rings. The Kier molecular flexibility index (Phi) is 7.57. The zero-order valence-corrected chi connectivity index (χ0v) is 19.2. The second kappa shape index (κ2) is 9.35. The van der Waals surface area contributed by atoms with Crippen LogP contribution in [0.4, 0.5) is 0 Å². The van der Waals surface area contributed by atoms with Crippen molar-refractivity contribution in [1.29, 1.82) is 0 Å². The Balaban J connectivity index is 2.58. The Hall–Kier alpha value is -1.79. The minimum atomic E-state index is -2.75. The van der Waals surface area contributed by atoms with E-state index in [1.54, 1.807) is 17.9 Å². The molecule has 0 aliphatic carbocycles. The van der Waals surface area contributed by atoms with Crippen molar-refractivity contribution < 1.29 is 27.9 Å². The Morgan fingerprint density at radius 3 is 2.21 bits per heavy atom. The van der Waals surface area contributed by atoms with Crippen molar-refractivity contribution in [3.63, 3.8) is 0 Å². The number of fused-ring (bicyclic) bond motifs is 1. The van der Waals surface area contributed by atoms with Gasteiger partial charge in [0.15, 0.2) is 11.1 Å². The molecule has 0 spiro atoms. The van der Waals surface area contributed by atoms with Crippen molar-refractivity contribution in [3.8, 4) is 0 Å². The quantitative estimate of drug-likeness (QED) is 0.340. The van der Waals surface area contributed by atoms with Crippen molar-refractivity contribution in [2.24, 2.45) is 0 Å². The van der Waals surface area contributed by atoms with Gasteiger partial charge in [-0.05, 0) is 53.7 Å². The molecule has 2 rings (SSSR count). The second-order valence-corrected chi connectivity index (χ2v) is 9.92. The molecule has 160 valence electrons. The van der Waals surface area contributed by atoms with E-state index in [4.69, 9.17) is 18.3 Å². The first kappa shape index (κ1) is 23.5. The molecule has 0 fully saturated rings. The Bertz CT molecular complexity index is 877. The maximum atomic E-state index is 12.4. The van der Waals surface area contributed by atoms with Crippen LogP contribution < -0.4 is 5.30 Å². The van der Waals surface area contributed by atoms with Crippen LogP contribution in [0.15, 0.2) is 24.4 Å². The van der Waals surface area contributed by atoms with Gasteiger partial charge >= 0.3 is 13.9 Å². The summed E-state index contributed by atoms with van der Waals surface area (Å²) in [5.74, 6) is -0.453. The molecular weight excluding hydrogens is 393 g/mol. The fourth-order valence-corrected chi connectivity index (χ4v) is 5.12. The van der Waals surface area contributed by atoms with Crippen molar-refractivity contribution in [3.05, 3.63) is 30.0 Å². The lowest BCUT2D eigenvalue weighted by molar-refractivity contribution is -0.155. The lowest BCUT2D eigenvalue weighted by Gasteiger charge is -2.20. The summed E-state index contributed by atoms with van der Waals surface area (Å²) in [4.78, 5) is 24.5. The summed E-state index contributed by atoms with van der Waals surface area (Å²) in [5, 5.41) is 1.50. The third-order valence-corrected chi connectivity index (χ3v) is 6.71. The molecular formula is C21H31NO6P+. The second-order valence-electron chi connectivity index (χ2n) is 7.53. The van der Waals surface area contributed by atoms with E-state index in [0.717, 1.165) is 16.2 Å². The molecule has 8 heteroatoms. The van der Waals surface area contributed by atoms with E-state index >= 15 is 0 Å². The van der Waals surface area contributed by atoms with Gasteiger partial charge in [0, 0.05) is 23.2 Å². The summed E-state index contributed by atoms with van der Waals surface area (Å²) >= 11 is 0. The van der Waals surface area contributed by atoms with Gasteiger partial charge in [0.05, 0.1) is 25.8 Å². The van der Waals surface area contributed by atoms with Crippen molar-refractivity contribution >= 4 is 35.9 Å². The Labute approximate surface area is 172 Å². The van der Waals surface area contributed by atoms with Gasteiger partial charge in [0.25, 0.3) is 0 Å². The van der Waals surface area contributed by atoms with Crippen LogP contribution in [0.5, 0.6) is 0 Å². The van der Waals surface area contributed by atoms with E-state index in [0.29, 0.717) is 18.8 Å². The highest BCUT2D eigenvalue weighted by molar-refractivity contribution is 7.69. The summed E-state index contributed by atoms with van der Waals surface area (Å²) in [5.41, 5.74) is 0.679. The molecule has 0 aliphatic rings. The van der Waals surface area contributed by atoms with E-state index in [1.165, 1.54) is 6.92 Å².